The number of pyridine rings is 1. The average Bonchev–Trinajstić information content (AvgIpc) is 3.36. The molecule has 4 aromatic rings. The first kappa shape index (κ1) is 25.9. The third kappa shape index (κ3) is 5.90. The predicted octanol–water partition coefficient (Wildman–Crippen LogP) is 4.57. The number of nitrogens with zero attached hydrogens (tertiary/aromatic N) is 4. The van der Waals surface area contributed by atoms with Gasteiger partial charge in [-0.15, -0.1) is 0 Å². The topological polar surface area (TPSA) is 121 Å². The number of hydrogen-bond acceptors (Lipinski definition) is 6. The van der Waals surface area contributed by atoms with Crippen molar-refractivity contribution in [2.45, 2.75) is 26.4 Å². The van der Waals surface area contributed by atoms with E-state index in [9.17, 15) is 14.4 Å². The summed E-state index contributed by atoms with van der Waals surface area (Å²) in [5.74, 6) is -0.400. The second-order valence-corrected chi connectivity index (χ2v) is 10.4. The number of carbonyl (C=O) groups excluding carboxylic acids is 3. The number of piperazine rings is 1. The van der Waals surface area contributed by atoms with Crippen LogP contribution in [0.5, 0.6) is 0 Å². The highest BCUT2D eigenvalue weighted by atomic mass is 16.6. The van der Waals surface area contributed by atoms with E-state index in [-0.39, 0.29) is 17.9 Å². The molecule has 2 aromatic heterocycles. The van der Waals surface area contributed by atoms with Crippen molar-refractivity contribution < 1.29 is 19.1 Å². The lowest BCUT2D eigenvalue weighted by atomic mass is 10.0. The first-order valence-corrected chi connectivity index (χ1v) is 12.7. The van der Waals surface area contributed by atoms with Gasteiger partial charge in [0.05, 0.1) is 5.52 Å². The summed E-state index contributed by atoms with van der Waals surface area (Å²) in [4.78, 5) is 45.6. The maximum Gasteiger partial charge on any atom is 0.410 e. The number of rotatable bonds is 4. The second kappa shape index (κ2) is 10.6. The number of ether oxygens (including phenoxy) is 1. The zero-order chi connectivity index (χ0) is 27.6. The molecule has 1 fully saturated rings. The molecule has 3 amide bonds. The van der Waals surface area contributed by atoms with Crippen molar-refractivity contribution in [3.05, 3.63) is 78.2 Å². The molecule has 2 N–H and O–H groups in total. The predicted molar refractivity (Wildman–Crippen MR) is 147 cm³/mol. The van der Waals surface area contributed by atoms with Crippen LogP contribution in [-0.2, 0) is 4.74 Å². The minimum atomic E-state index is -0.554. The summed E-state index contributed by atoms with van der Waals surface area (Å²) in [6.45, 7) is 7.26. The summed E-state index contributed by atoms with van der Waals surface area (Å²) in [5, 5.41) is 10.7. The third-order valence-electron chi connectivity index (χ3n) is 6.40. The van der Waals surface area contributed by atoms with E-state index in [2.05, 4.69) is 20.5 Å². The molecule has 3 heterocycles. The van der Waals surface area contributed by atoms with Gasteiger partial charge in [0.1, 0.15) is 5.60 Å². The number of carbonyl (C=O) groups is 3. The molecule has 1 saturated heterocycles. The molecule has 0 saturated carbocycles. The fourth-order valence-electron chi connectivity index (χ4n) is 4.40. The highest BCUT2D eigenvalue weighted by Gasteiger charge is 2.28. The number of benzene rings is 2. The lowest BCUT2D eigenvalue weighted by molar-refractivity contribution is 0.0141. The van der Waals surface area contributed by atoms with Gasteiger partial charge in [0, 0.05) is 55.2 Å². The SMILES string of the molecule is CC(C)(C)OC(=O)N1CCN(C(=O)c2ccc(-c3ccc4[nH]nc(C(=O)Nc5ccncc5)c4c3)cc2)CC1. The molecule has 10 heteroatoms. The van der Waals surface area contributed by atoms with Gasteiger partial charge in [-0.1, -0.05) is 18.2 Å². The first-order valence-electron chi connectivity index (χ1n) is 12.7. The Hall–Kier alpha value is -4.73. The molecule has 0 unspecified atom stereocenters. The van der Waals surface area contributed by atoms with Gasteiger partial charge in [-0.3, -0.25) is 19.7 Å². The van der Waals surface area contributed by atoms with Gasteiger partial charge >= 0.3 is 6.09 Å². The Morgan fingerprint density at radius 1 is 0.872 bits per heavy atom. The third-order valence-corrected chi connectivity index (χ3v) is 6.40. The maximum absolute atomic E-state index is 13.1. The van der Waals surface area contributed by atoms with Crippen LogP contribution < -0.4 is 5.32 Å². The van der Waals surface area contributed by atoms with E-state index in [1.807, 2.05) is 51.1 Å². The van der Waals surface area contributed by atoms with Gasteiger partial charge in [0.25, 0.3) is 11.8 Å². The van der Waals surface area contributed by atoms with Crippen LogP contribution in [0.3, 0.4) is 0 Å². The minimum Gasteiger partial charge on any atom is -0.444 e. The van der Waals surface area contributed by atoms with E-state index < -0.39 is 5.60 Å². The molecule has 2 aromatic carbocycles. The van der Waals surface area contributed by atoms with E-state index >= 15 is 0 Å². The van der Waals surface area contributed by atoms with Crippen LogP contribution in [0, 0.1) is 0 Å². The van der Waals surface area contributed by atoms with Gasteiger partial charge in [-0.2, -0.15) is 5.10 Å². The average molecular weight is 527 g/mol. The van der Waals surface area contributed by atoms with Crippen molar-refractivity contribution >= 4 is 34.5 Å². The smallest absolute Gasteiger partial charge is 0.410 e. The number of nitrogens with one attached hydrogen (secondary N) is 2. The summed E-state index contributed by atoms with van der Waals surface area (Å²) in [6.07, 6.45) is 2.86. The van der Waals surface area contributed by atoms with E-state index in [0.717, 1.165) is 16.6 Å². The van der Waals surface area contributed by atoms with Crippen LogP contribution in [0.4, 0.5) is 10.5 Å². The Bertz CT molecular complexity index is 1500. The summed E-state index contributed by atoms with van der Waals surface area (Å²) < 4.78 is 5.43. The molecule has 39 heavy (non-hydrogen) atoms. The van der Waals surface area contributed by atoms with Gasteiger partial charge in [-0.05, 0) is 68.3 Å². The largest absolute Gasteiger partial charge is 0.444 e. The molecule has 0 bridgehead atoms. The Balaban J connectivity index is 1.26. The highest BCUT2D eigenvalue weighted by Crippen LogP contribution is 2.27. The fourth-order valence-corrected chi connectivity index (χ4v) is 4.40. The monoisotopic (exact) mass is 526 g/mol. The normalized spacial score (nSPS) is 13.8. The molecular formula is C29H30N6O4. The molecule has 0 radical (unpaired) electrons. The number of amides is 3. The molecule has 0 spiro atoms. The molecule has 0 aliphatic carbocycles. The Labute approximate surface area is 226 Å². The van der Waals surface area contributed by atoms with E-state index in [1.165, 1.54) is 0 Å². The zero-order valence-corrected chi connectivity index (χ0v) is 22.1. The first-order chi connectivity index (χ1) is 18.7. The summed E-state index contributed by atoms with van der Waals surface area (Å²) >= 11 is 0. The number of anilines is 1. The number of aromatic amines is 1. The second-order valence-electron chi connectivity index (χ2n) is 10.4. The Morgan fingerprint density at radius 3 is 2.18 bits per heavy atom. The van der Waals surface area contributed by atoms with Gasteiger partial charge in [0.15, 0.2) is 5.69 Å². The fraction of sp³-hybridized carbons (Fsp3) is 0.276. The minimum absolute atomic E-state index is 0.0780. The Morgan fingerprint density at radius 2 is 1.51 bits per heavy atom. The van der Waals surface area contributed by atoms with Crippen LogP contribution in [0.15, 0.2) is 67.0 Å². The van der Waals surface area contributed by atoms with Crippen LogP contribution in [-0.4, -0.2) is 74.7 Å². The molecule has 200 valence electrons. The van der Waals surface area contributed by atoms with Crippen molar-refractivity contribution in [1.82, 2.24) is 25.0 Å². The Kier molecular flexibility index (Phi) is 7.02. The molecule has 0 atom stereocenters. The maximum atomic E-state index is 13.1. The lowest BCUT2D eigenvalue weighted by Gasteiger charge is -2.35. The number of hydrogen-bond donors (Lipinski definition) is 2. The van der Waals surface area contributed by atoms with Gasteiger partial charge < -0.3 is 19.9 Å². The van der Waals surface area contributed by atoms with Crippen molar-refractivity contribution in [1.29, 1.82) is 0 Å². The van der Waals surface area contributed by atoms with Crippen LogP contribution in [0.2, 0.25) is 0 Å². The van der Waals surface area contributed by atoms with Crippen LogP contribution >= 0.6 is 0 Å². The van der Waals surface area contributed by atoms with Crippen molar-refractivity contribution in [3.8, 4) is 11.1 Å². The molecule has 1 aliphatic rings. The van der Waals surface area contributed by atoms with Crippen LogP contribution in [0.1, 0.15) is 41.6 Å². The number of aromatic nitrogens is 3. The van der Waals surface area contributed by atoms with Crippen LogP contribution in [0.25, 0.3) is 22.0 Å². The van der Waals surface area contributed by atoms with E-state index in [4.69, 9.17) is 4.74 Å². The quantitative estimate of drug-likeness (QED) is 0.402. The zero-order valence-electron chi connectivity index (χ0n) is 22.1. The lowest BCUT2D eigenvalue weighted by Crippen LogP contribution is -2.51. The number of H-pyrrole nitrogens is 1. The van der Waals surface area contributed by atoms with Crippen molar-refractivity contribution in [2.75, 3.05) is 31.5 Å². The molecule has 10 nitrogen and oxygen atoms in total. The molecular weight excluding hydrogens is 496 g/mol. The van der Waals surface area contributed by atoms with Crippen molar-refractivity contribution in [2.24, 2.45) is 0 Å². The van der Waals surface area contributed by atoms with E-state index in [0.29, 0.717) is 48.5 Å². The van der Waals surface area contributed by atoms with E-state index in [1.54, 1.807) is 46.5 Å². The number of fused-ring (bicyclic) bond motifs is 1. The summed E-state index contributed by atoms with van der Waals surface area (Å²) in [7, 11) is 0. The standard InChI is InChI=1S/C29H30N6O4/c1-29(2,3)39-28(38)35-16-14-34(15-17-35)27(37)20-6-4-19(5-7-20)21-8-9-24-23(18-21)25(33-32-24)26(36)31-22-10-12-30-13-11-22/h4-13,18H,14-17H2,1-3H3,(H,32,33)(H,30,31,36). The van der Waals surface area contributed by atoms with Gasteiger partial charge in [-0.25, -0.2) is 4.79 Å². The summed E-state index contributed by atoms with van der Waals surface area (Å²) in [5.41, 5.74) is 3.50. The summed E-state index contributed by atoms with van der Waals surface area (Å²) in [6, 6.07) is 16.5. The highest BCUT2D eigenvalue weighted by molar-refractivity contribution is 6.11. The van der Waals surface area contributed by atoms with Crippen molar-refractivity contribution in [3.63, 3.8) is 0 Å². The van der Waals surface area contributed by atoms with Gasteiger partial charge in [0.2, 0.25) is 0 Å². The molecule has 5 rings (SSSR count). The molecule has 1 aliphatic heterocycles.